The number of carboxylic acid groups (broad SMARTS) is 1. The van der Waals surface area contributed by atoms with Crippen molar-refractivity contribution < 1.29 is 19.4 Å². The number of benzene rings is 1. The van der Waals surface area contributed by atoms with Crippen LogP contribution in [0.4, 0.5) is 0 Å². The van der Waals surface area contributed by atoms with Crippen LogP contribution in [-0.4, -0.2) is 56.0 Å². The van der Waals surface area contributed by atoms with Crippen molar-refractivity contribution in [2.75, 3.05) is 40.0 Å². The third-order valence-corrected chi connectivity index (χ3v) is 4.63. The van der Waals surface area contributed by atoms with Gasteiger partial charge in [-0.2, -0.15) is 0 Å². The van der Waals surface area contributed by atoms with Gasteiger partial charge in [-0.25, -0.2) is 4.79 Å². The zero-order valence-corrected chi connectivity index (χ0v) is 12.2. The molecule has 0 saturated carbocycles. The van der Waals surface area contributed by atoms with Gasteiger partial charge in [-0.05, 0) is 17.7 Å². The van der Waals surface area contributed by atoms with Crippen LogP contribution in [0.3, 0.4) is 0 Å². The average Bonchev–Trinajstić information content (AvgIpc) is 2.96. The average molecular weight is 291 g/mol. The number of hydrogen-bond acceptors (Lipinski definition) is 4. The predicted molar refractivity (Wildman–Crippen MR) is 77.3 cm³/mol. The highest BCUT2D eigenvalue weighted by atomic mass is 16.5. The van der Waals surface area contributed by atoms with E-state index in [0.717, 1.165) is 45.0 Å². The molecule has 2 saturated heterocycles. The summed E-state index contributed by atoms with van der Waals surface area (Å²) in [6, 6.07) is 7.14. The van der Waals surface area contributed by atoms with E-state index < -0.39 is 5.97 Å². The summed E-state index contributed by atoms with van der Waals surface area (Å²) >= 11 is 0. The third-order valence-electron chi connectivity index (χ3n) is 4.63. The van der Waals surface area contributed by atoms with Gasteiger partial charge in [0.2, 0.25) is 0 Å². The maximum Gasteiger partial charge on any atom is 0.335 e. The molecule has 3 rings (SSSR count). The van der Waals surface area contributed by atoms with Gasteiger partial charge in [0.1, 0.15) is 0 Å². The molecule has 2 aliphatic rings. The lowest BCUT2D eigenvalue weighted by atomic mass is 9.82. The Labute approximate surface area is 124 Å². The number of hydrogen-bond donors (Lipinski definition) is 1. The van der Waals surface area contributed by atoms with Gasteiger partial charge in [0.25, 0.3) is 0 Å². The van der Waals surface area contributed by atoms with Crippen molar-refractivity contribution in [3.63, 3.8) is 0 Å². The van der Waals surface area contributed by atoms with Crippen molar-refractivity contribution >= 4 is 5.97 Å². The van der Waals surface area contributed by atoms with Crippen molar-refractivity contribution in [1.82, 2.24) is 4.90 Å². The molecule has 0 unspecified atom stereocenters. The van der Waals surface area contributed by atoms with Gasteiger partial charge in [0.15, 0.2) is 0 Å². The second kappa shape index (κ2) is 5.75. The van der Waals surface area contributed by atoms with Gasteiger partial charge in [-0.1, -0.05) is 12.1 Å². The SMILES string of the molecule is COC[C@@]12COC[C@@H]1CN(Cc1ccc(C(=O)O)cc1)C2. The quantitative estimate of drug-likeness (QED) is 0.890. The molecule has 114 valence electrons. The highest BCUT2D eigenvalue weighted by Gasteiger charge is 2.50. The van der Waals surface area contributed by atoms with Crippen LogP contribution in [0.15, 0.2) is 24.3 Å². The maximum atomic E-state index is 10.9. The molecule has 1 N–H and O–H groups in total. The first-order valence-electron chi connectivity index (χ1n) is 7.24. The van der Waals surface area contributed by atoms with Crippen molar-refractivity contribution in [3.8, 4) is 0 Å². The van der Waals surface area contributed by atoms with Gasteiger partial charge in [-0.3, -0.25) is 4.90 Å². The minimum atomic E-state index is -0.881. The predicted octanol–water partition coefficient (Wildman–Crippen LogP) is 1.48. The third kappa shape index (κ3) is 2.81. The summed E-state index contributed by atoms with van der Waals surface area (Å²) in [4.78, 5) is 13.3. The molecule has 0 amide bonds. The molecule has 21 heavy (non-hydrogen) atoms. The Balaban J connectivity index is 1.65. The largest absolute Gasteiger partial charge is 0.478 e. The van der Waals surface area contributed by atoms with E-state index in [4.69, 9.17) is 14.6 Å². The van der Waals surface area contributed by atoms with E-state index in [1.54, 1.807) is 19.2 Å². The molecule has 0 spiro atoms. The van der Waals surface area contributed by atoms with Gasteiger partial charge in [-0.15, -0.1) is 0 Å². The minimum Gasteiger partial charge on any atom is -0.478 e. The highest BCUT2D eigenvalue weighted by Crippen LogP contribution is 2.41. The van der Waals surface area contributed by atoms with E-state index in [1.165, 1.54) is 0 Å². The zero-order chi connectivity index (χ0) is 14.9. The lowest BCUT2D eigenvalue weighted by Gasteiger charge is -2.26. The van der Waals surface area contributed by atoms with Crippen molar-refractivity contribution in [2.45, 2.75) is 6.54 Å². The summed E-state index contributed by atoms with van der Waals surface area (Å²) in [6.45, 7) is 5.18. The van der Waals surface area contributed by atoms with E-state index in [0.29, 0.717) is 11.5 Å². The topological polar surface area (TPSA) is 59.0 Å². The van der Waals surface area contributed by atoms with Crippen LogP contribution in [0, 0.1) is 11.3 Å². The molecule has 2 atom stereocenters. The fourth-order valence-corrected chi connectivity index (χ4v) is 3.57. The normalized spacial score (nSPS) is 28.7. The first-order valence-corrected chi connectivity index (χ1v) is 7.24. The van der Waals surface area contributed by atoms with E-state index in [9.17, 15) is 4.79 Å². The number of ether oxygens (including phenoxy) is 2. The van der Waals surface area contributed by atoms with Gasteiger partial charge < -0.3 is 14.6 Å². The summed E-state index contributed by atoms with van der Waals surface area (Å²) in [6.07, 6.45) is 0. The van der Waals surface area contributed by atoms with E-state index in [2.05, 4.69) is 4.90 Å². The van der Waals surface area contributed by atoms with Crippen LogP contribution in [0.1, 0.15) is 15.9 Å². The van der Waals surface area contributed by atoms with Gasteiger partial charge >= 0.3 is 5.97 Å². The van der Waals surface area contributed by atoms with Crippen LogP contribution in [0.5, 0.6) is 0 Å². The highest BCUT2D eigenvalue weighted by molar-refractivity contribution is 5.87. The van der Waals surface area contributed by atoms with E-state index in [-0.39, 0.29) is 5.41 Å². The van der Waals surface area contributed by atoms with Crippen LogP contribution < -0.4 is 0 Å². The summed E-state index contributed by atoms with van der Waals surface area (Å²) < 4.78 is 11.0. The van der Waals surface area contributed by atoms with E-state index >= 15 is 0 Å². The van der Waals surface area contributed by atoms with Crippen LogP contribution in [0.2, 0.25) is 0 Å². The Morgan fingerprint density at radius 1 is 1.48 bits per heavy atom. The summed E-state index contributed by atoms with van der Waals surface area (Å²) in [7, 11) is 1.75. The Bertz CT molecular complexity index is 516. The summed E-state index contributed by atoms with van der Waals surface area (Å²) in [5, 5.41) is 8.92. The van der Waals surface area contributed by atoms with Crippen molar-refractivity contribution in [3.05, 3.63) is 35.4 Å². The zero-order valence-electron chi connectivity index (χ0n) is 12.2. The summed E-state index contributed by atoms with van der Waals surface area (Å²) in [5.41, 5.74) is 1.62. The maximum absolute atomic E-state index is 10.9. The molecule has 0 aromatic heterocycles. The molecule has 0 radical (unpaired) electrons. The molecule has 2 aliphatic heterocycles. The van der Waals surface area contributed by atoms with Crippen molar-refractivity contribution in [1.29, 1.82) is 0 Å². The molecule has 2 heterocycles. The minimum absolute atomic E-state index is 0.135. The Morgan fingerprint density at radius 3 is 2.90 bits per heavy atom. The fraction of sp³-hybridized carbons (Fsp3) is 0.562. The standard InChI is InChI=1S/C16H21NO4/c1-20-10-16-9-17(7-14(16)8-21-11-16)6-12-2-4-13(5-3-12)15(18)19/h2-5,14H,6-11H2,1H3,(H,18,19)/t14-,16-/m0/s1. The molecule has 0 aliphatic carbocycles. The number of carbonyl (C=O) groups is 1. The molecule has 5 nitrogen and oxygen atoms in total. The smallest absolute Gasteiger partial charge is 0.335 e. The number of likely N-dealkylation sites (tertiary alicyclic amines) is 1. The number of aromatic carboxylic acids is 1. The summed E-state index contributed by atoms with van der Waals surface area (Å²) in [5.74, 6) is -0.343. The van der Waals surface area contributed by atoms with Crippen molar-refractivity contribution in [2.24, 2.45) is 11.3 Å². The number of rotatable bonds is 5. The van der Waals surface area contributed by atoms with Crippen LogP contribution >= 0.6 is 0 Å². The molecular weight excluding hydrogens is 270 g/mol. The second-order valence-corrected chi connectivity index (χ2v) is 6.18. The molecule has 1 aromatic rings. The monoisotopic (exact) mass is 291 g/mol. The number of carboxylic acids is 1. The van der Waals surface area contributed by atoms with Gasteiger partial charge in [0, 0.05) is 38.1 Å². The molecule has 1 aromatic carbocycles. The number of methoxy groups -OCH3 is 1. The first-order chi connectivity index (χ1) is 10.1. The molecule has 0 bridgehead atoms. The first kappa shape index (κ1) is 14.5. The number of fused-ring (bicyclic) bond motifs is 1. The Morgan fingerprint density at radius 2 is 2.24 bits per heavy atom. The number of nitrogens with zero attached hydrogens (tertiary/aromatic N) is 1. The second-order valence-electron chi connectivity index (χ2n) is 6.18. The van der Waals surface area contributed by atoms with Crippen LogP contribution in [-0.2, 0) is 16.0 Å². The van der Waals surface area contributed by atoms with Crippen LogP contribution in [0.25, 0.3) is 0 Å². The van der Waals surface area contributed by atoms with E-state index in [1.807, 2.05) is 12.1 Å². The fourth-order valence-electron chi connectivity index (χ4n) is 3.57. The Kier molecular flexibility index (Phi) is 3.97. The molecule has 5 heteroatoms. The lowest BCUT2D eigenvalue weighted by molar-refractivity contribution is 0.0533. The lowest BCUT2D eigenvalue weighted by Crippen LogP contribution is -2.35. The molecular formula is C16H21NO4. The van der Waals surface area contributed by atoms with Gasteiger partial charge in [0.05, 0.1) is 25.4 Å². The Hall–Kier alpha value is -1.43. The molecule has 2 fully saturated rings.